The van der Waals surface area contributed by atoms with Crippen molar-refractivity contribution in [1.82, 2.24) is 15.6 Å². The fourth-order valence-electron chi connectivity index (χ4n) is 2.43. The molecule has 6 nitrogen and oxygen atoms in total. The maximum atomic E-state index is 12.3. The maximum Gasteiger partial charge on any atom is 0.270 e. The first kappa shape index (κ1) is 17.4. The van der Waals surface area contributed by atoms with E-state index in [4.69, 9.17) is 4.42 Å². The average molecular weight is 349 g/mol. The Balaban J connectivity index is 1.54. The number of aromatic nitrogens is 1. The normalized spacial score (nSPS) is 10.3. The predicted octanol–water partition coefficient (Wildman–Crippen LogP) is 2.58. The molecule has 0 saturated heterocycles. The molecule has 0 spiro atoms. The summed E-state index contributed by atoms with van der Waals surface area (Å²) >= 11 is 0. The first-order chi connectivity index (χ1) is 12.7. The van der Waals surface area contributed by atoms with Crippen molar-refractivity contribution in [2.24, 2.45) is 0 Å². The number of hydrogen-bond donors (Lipinski definition) is 2. The van der Waals surface area contributed by atoms with Gasteiger partial charge in [-0.05, 0) is 36.2 Å². The van der Waals surface area contributed by atoms with Crippen LogP contribution in [0.25, 0.3) is 0 Å². The third-order valence-electron chi connectivity index (χ3n) is 3.80. The van der Waals surface area contributed by atoms with Crippen LogP contribution < -0.4 is 10.6 Å². The highest BCUT2D eigenvalue weighted by Gasteiger charge is 2.12. The molecule has 0 bridgehead atoms. The van der Waals surface area contributed by atoms with E-state index in [9.17, 15) is 9.59 Å². The zero-order valence-corrected chi connectivity index (χ0v) is 14.1. The lowest BCUT2D eigenvalue weighted by molar-refractivity contribution is 0.0943. The summed E-state index contributed by atoms with van der Waals surface area (Å²) in [5.74, 6) is 0.0527. The fraction of sp³-hybridized carbons (Fsp3) is 0.150. The topological polar surface area (TPSA) is 84.2 Å². The highest BCUT2D eigenvalue weighted by Crippen LogP contribution is 2.04. The quantitative estimate of drug-likeness (QED) is 0.687. The van der Waals surface area contributed by atoms with Crippen molar-refractivity contribution in [1.29, 1.82) is 0 Å². The van der Waals surface area contributed by atoms with Gasteiger partial charge < -0.3 is 15.1 Å². The summed E-state index contributed by atoms with van der Waals surface area (Å²) in [4.78, 5) is 28.5. The van der Waals surface area contributed by atoms with E-state index < -0.39 is 0 Å². The average Bonchev–Trinajstić information content (AvgIpc) is 3.20. The molecule has 0 fully saturated rings. The standard InChI is InChI=1S/C20H19N3O3/c24-19(22-10-8-15-5-2-1-3-6-15)16-9-11-21-18(13-16)20(25)23-14-17-7-4-12-26-17/h1-7,9,11-13H,8,10,14H2,(H,22,24)(H,23,25). The number of furan rings is 1. The highest BCUT2D eigenvalue weighted by atomic mass is 16.3. The van der Waals surface area contributed by atoms with E-state index in [1.54, 1.807) is 24.5 Å². The molecule has 2 amide bonds. The smallest absolute Gasteiger partial charge is 0.270 e. The van der Waals surface area contributed by atoms with Gasteiger partial charge >= 0.3 is 0 Å². The maximum absolute atomic E-state index is 12.3. The van der Waals surface area contributed by atoms with Gasteiger partial charge in [-0.2, -0.15) is 0 Å². The van der Waals surface area contributed by atoms with Gasteiger partial charge in [0.15, 0.2) is 0 Å². The molecule has 2 heterocycles. The minimum Gasteiger partial charge on any atom is -0.467 e. The van der Waals surface area contributed by atoms with Crippen LogP contribution in [-0.4, -0.2) is 23.3 Å². The molecule has 0 atom stereocenters. The number of hydrogen-bond acceptors (Lipinski definition) is 4. The van der Waals surface area contributed by atoms with Gasteiger partial charge in [-0.15, -0.1) is 0 Å². The van der Waals surface area contributed by atoms with Crippen LogP contribution in [0.4, 0.5) is 0 Å². The highest BCUT2D eigenvalue weighted by molar-refractivity contribution is 5.98. The molecule has 0 saturated carbocycles. The summed E-state index contributed by atoms with van der Waals surface area (Å²) in [5, 5.41) is 5.56. The second-order valence-corrected chi connectivity index (χ2v) is 5.68. The van der Waals surface area contributed by atoms with Gasteiger partial charge in [0.05, 0.1) is 12.8 Å². The third-order valence-corrected chi connectivity index (χ3v) is 3.80. The number of nitrogens with one attached hydrogen (secondary N) is 2. The van der Waals surface area contributed by atoms with Crippen molar-refractivity contribution < 1.29 is 14.0 Å². The third kappa shape index (κ3) is 4.80. The predicted molar refractivity (Wildman–Crippen MR) is 96.6 cm³/mol. The number of rotatable bonds is 7. The number of carbonyl (C=O) groups is 2. The van der Waals surface area contributed by atoms with Crippen molar-refractivity contribution in [2.75, 3.05) is 6.54 Å². The van der Waals surface area contributed by atoms with E-state index in [2.05, 4.69) is 15.6 Å². The molecule has 132 valence electrons. The lowest BCUT2D eigenvalue weighted by atomic mass is 10.1. The molecule has 3 aromatic rings. The molecule has 2 N–H and O–H groups in total. The Labute approximate surface area is 151 Å². The fourth-order valence-corrected chi connectivity index (χ4v) is 2.43. The summed E-state index contributed by atoms with van der Waals surface area (Å²) < 4.78 is 5.16. The van der Waals surface area contributed by atoms with E-state index >= 15 is 0 Å². The molecular weight excluding hydrogens is 330 g/mol. The molecule has 0 aliphatic rings. The number of benzene rings is 1. The molecule has 0 radical (unpaired) electrons. The molecule has 26 heavy (non-hydrogen) atoms. The van der Waals surface area contributed by atoms with Crippen LogP contribution in [0.15, 0.2) is 71.5 Å². The SMILES string of the molecule is O=C(NCCc1ccccc1)c1ccnc(C(=O)NCc2ccco2)c1. The van der Waals surface area contributed by atoms with E-state index in [0.717, 1.165) is 12.0 Å². The summed E-state index contributed by atoms with van der Waals surface area (Å²) in [5.41, 5.74) is 1.74. The van der Waals surface area contributed by atoms with E-state index in [0.29, 0.717) is 17.9 Å². The van der Waals surface area contributed by atoms with Gasteiger partial charge in [0.1, 0.15) is 11.5 Å². The first-order valence-corrected chi connectivity index (χ1v) is 8.31. The summed E-state index contributed by atoms with van der Waals surface area (Å²) in [7, 11) is 0. The van der Waals surface area contributed by atoms with Crippen LogP contribution in [0.3, 0.4) is 0 Å². The number of pyridine rings is 1. The molecule has 0 aliphatic carbocycles. The molecule has 0 unspecified atom stereocenters. The van der Waals surface area contributed by atoms with Crippen molar-refractivity contribution in [2.45, 2.75) is 13.0 Å². The van der Waals surface area contributed by atoms with Gasteiger partial charge in [0.2, 0.25) is 0 Å². The first-order valence-electron chi connectivity index (χ1n) is 8.31. The van der Waals surface area contributed by atoms with Crippen LogP contribution in [-0.2, 0) is 13.0 Å². The summed E-state index contributed by atoms with van der Waals surface area (Å²) in [6, 6.07) is 16.5. The van der Waals surface area contributed by atoms with E-state index in [1.807, 2.05) is 30.3 Å². The zero-order valence-electron chi connectivity index (χ0n) is 14.1. The minimum atomic E-state index is -0.361. The Morgan fingerprint density at radius 1 is 0.962 bits per heavy atom. The van der Waals surface area contributed by atoms with Crippen LogP contribution in [0.5, 0.6) is 0 Å². The number of amides is 2. The Bertz CT molecular complexity index is 861. The minimum absolute atomic E-state index is 0.187. The zero-order chi connectivity index (χ0) is 18.2. The lowest BCUT2D eigenvalue weighted by Crippen LogP contribution is -2.27. The monoisotopic (exact) mass is 349 g/mol. The van der Waals surface area contributed by atoms with Crippen LogP contribution >= 0.6 is 0 Å². The van der Waals surface area contributed by atoms with Crippen molar-refractivity contribution in [3.63, 3.8) is 0 Å². The van der Waals surface area contributed by atoms with Crippen molar-refractivity contribution in [3.8, 4) is 0 Å². The van der Waals surface area contributed by atoms with Gasteiger partial charge in [-0.25, -0.2) is 0 Å². The van der Waals surface area contributed by atoms with Crippen LogP contribution in [0.2, 0.25) is 0 Å². The Kier molecular flexibility index (Phi) is 5.77. The molecular formula is C20H19N3O3. The largest absolute Gasteiger partial charge is 0.467 e. The van der Waals surface area contributed by atoms with Gasteiger partial charge in [-0.1, -0.05) is 30.3 Å². The molecule has 6 heteroatoms. The van der Waals surface area contributed by atoms with Crippen molar-refractivity contribution >= 4 is 11.8 Å². The molecule has 3 rings (SSSR count). The molecule has 2 aromatic heterocycles. The number of carbonyl (C=O) groups excluding carboxylic acids is 2. The molecule has 0 aliphatic heterocycles. The molecule has 1 aromatic carbocycles. The number of nitrogens with zero attached hydrogens (tertiary/aromatic N) is 1. The van der Waals surface area contributed by atoms with E-state index in [-0.39, 0.29) is 24.1 Å². The second-order valence-electron chi connectivity index (χ2n) is 5.68. The summed E-state index contributed by atoms with van der Waals surface area (Å²) in [6.45, 7) is 0.784. The Morgan fingerprint density at radius 2 is 1.81 bits per heavy atom. The van der Waals surface area contributed by atoms with Crippen LogP contribution in [0, 0.1) is 0 Å². The van der Waals surface area contributed by atoms with Gasteiger partial charge in [0.25, 0.3) is 11.8 Å². The Morgan fingerprint density at radius 3 is 2.58 bits per heavy atom. The second kappa shape index (κ2) is 8.62. The van der Waals surface area contributed by atoms with Gasteiger partial charge in [-0.3, -0.25) is 14.6 Å². The van der Waals surface area contributed by atoms with Gasteiger partial charge in [0, 0.05) is 18.3 Å². The summed E-state index contributed by atoms with van der Waals surface area (Å²) in [6.07, 6.45) is 3.74. The lowest BCUT2D eigenvalue weighted by Gasteiger charge is -2.07. The van der Waals surface area contributed by atoms with Crippen LogP contribution in [0.1, 0.15) is 32.2 Å². The Hall–Kier alpha value is -3.41. The van der Waals surface area contributed by atoms with Crippen molar-refractivity contribution in [3.05, 3.63) is 89.6 Å². The van der Waals surface area contributed by atoms with E-state index in [1.165, 1.54) is 12.3 Å².